The number of ether oxygens (including phenoxy) is 1. The van der Waals surface area contributed by atoms with Crippen molar-refractivity contribution in [1.29, 1.82) is 0 Å². The number of nitrogens with one attached hydrogen (secondary N) is 1. The summed E-state index contributed by atoms with van der Waals surface area (Å²) >= 11 is 0. The zero-order valence-corrected chi connectivity index (χ0v) is 37.5. The van der Waals surface area contributed by atoms with E-state index < -0.39 is 18.2 Å². The molecule has 0 aliphatic heterocycles. The minimum atomic E-state index is -0.801. The summed E-state index contributed by atoms with van der Waals surface area (Å²) in [4.78, 5) is 26.0. The third kappa shape index (κ3) is 40.1. The monoisotopic (exact) mass is 798 g/mol. The molecule has 0 heterocycles. The van der Waals surface area contributed by atoms with Crippen LogP contribution in [0.1, 0.15) is 226 Å². The molecular weight excluding hydrogens is 707 g/mol. The number of carbonyl (C=O) groups is 2. The molecule has 0 fully saturated rings. The van der Waals surface area contributed by atoms with Crippen LogP contribution in [0, 0.1) is 0 Å². The Morgan fingerprint density at radius 3 is 1.53 bits per heavy atom. The van der Waals surface area contributed by atoms with E-state index in [1.807, 2.05) is 30.4 Å². The highest BCUT2D eigenvalue weighted by atomic mass is 16.5. The summed E-state index contributed by atoms with van der Waals surface area (Å²) in [5.41, 5.74) is 0. The fourth-order valence-corrected chi connectivity index (χ4v) is 7.03. The molecule has 0 aromatic rings. The molecule has 0 aliphatic carbocycles. The Bertz CT molecular complexity index is 1030. The number of rotatable bonds is 42. The van der Waals surface area contributed by atoms with Gasteiger partial charge < -0.3 is 20.3 Å². The molecule has 3 atom stereocenters. The number of hydrogen-bond donors (Lipinski definition) is 3. The van der Waals surface area contributed by atoms with Crippen LogP contribution in [-0.2, 0) is 14.3 Å². The fourth-order valence-electron chi connectivity index (χ4n) is 7.03. The number of unbranched alkanes of at least 4 members (excludes halogenated alkanes) is 23. The number of allylic oxidation sites excluding steroid dienone is 10. The molecule has 330 valence electrons. The van der Waals surface area contributed by atoms with Gasteiger partial charge in [-0.2, -0.15) is 0 Å². The SMILES string of the molecule is CC/C=C/C=C/C=C\C=C/CCCCCC(=O)OC(CCC/C=C\CCCCCCCCC)CC(=O)NC(CO)C(O)CCCCCCCCCCCCCCC. The lowest BCUT2D eigenvalue weighted by atomic mass is 10.0. The number of carbonyl (C=O) groups excluding carboxylic acids is 2. The Morgan fingerprint density at radius 2 is 0.982 bits per heavy atom. The Hall–Kier alpha value is -2.44. The van der Waals surface area contributed by atoms with Crippen LogP contribution >= 0.6 is 0 Å². The molecule has 3 unspecified atom stereocenters. The smallest absolute Gasteiger partial charge is 0.306 e. The average Bonchev–Trinajstić information content (AvgIpc) is 3.20. The lowest BCUT2D eigenvalue weighted by molar-refractivity contribution is -0.151. The van der Waals surface area contributed by atoms with Crippen molar-refractivity contribution in [1.82, 2.24) is 5.32 Å². The summed E-state index contributed by atoms with van der Waals surface area (Å²) in [5, 5.41) is 23.7. The van der Waals surface area contributed by atoms with E-state index in [9.17, 15) is 19.8 Å². The fraction of sp³-hybridized carbons (Fsp3) is 0.765. The normalized spacial score (nSPS) is 13.8. The predicted molar refractivity (Wildman–Crippen MR) is 245 cm³/mol. The van der Waals surface area contributed by atoms with Gasteiger partial charge in [0.05, 0.1) is 25.2 Å². The second kappa shape index (κ2) is 44.7. The molecule has 0 saturated carbocycles. The first kappa shape index (κ1) is 54.6. The third-order valence-electron chi connectivity index (χ3n) is 10.7. The summed E-state index contributed by atoms with van der Waals surface area (Å²) in [6.07, 6.45) is 54.2. The zero-order valence-electron chi connectivity index (χ0n) is 37.5. The van der Waals surface area contributed by atoms with E-state index in [-0.39, 0.29) is 24.9 Å². The van der Waals surface area contributed by atoms with Crippen molar-refractivity contribution in [3.05, 3.63) is 60.8 Å². The van der Waals surface area contributed by atoms with Gasteiger partial charge >= 0.3 is 5.97 Å². The Kier molecular flexibility index (Phi) is 42.7. The van der Waals surface area contributed by atoms with E-state index in [4.69, 9.17) is 4.74 Å². The van der Waals surface area contributed by atoms with Crippen LogP contribution in [0.4, 0.5) is 0 Å². The van der Waals surface area contributed by atoms with E-state index in [1.165, 1.54) is 109 Å². The van der Waals surface area contributed by atoms with Gasteiger partial charge in [-0.1, -0.05) is 210 Å². The van der Waals surface area contributed by atoms with Crippen LogP contribution in [0.3, 0.4) is 0 Å². The van der Waals surface area contributed by atoms with Gasteiger partial charge in [0.25, 0.3) is 0 Å². The number of esters is 1. The molecule has 0 aromatic carbocycles. The molecule has 3 N–H and O–H groups in total. The van der Waals surface area contributed by atoms with Crippen LogP contribution in [0.5, 0.6) is 0 Å². The molecule has 0 radical (unpaired) electrons. The number of amides is 1. The summed E-state index contributed by atoms with van der Waals surface area (Å²) in [5.74, 6) is -0.551. The van der Waals surface area contributed by atoms with Crippen LogP contribution < -0.4 is 5.32 Å². The molecule has 0 spiro atoms. The molecule has 6 heteroatoms. The Morgan fingerprint density at radius 1 is 0.526 bits per heavy atom. The van der Waals surface area contributed by atoms with Gasteiger partial charge in [0.2, 0.25) is 5.91 Å². The highest BCUT2D eigenvalue weighted by Crippen LogP contribution is 2.17. The van der Waals surface area contributed by atoms with Crippen molar-refractivity contribution in [2.45, 2.75) is 244 Å². The Balaban J connectivity index is 4.67. The van der Waals surface area contributed by atoms with Gasteiger partial charge in [0.15, 0.2) is 0 Å². The second-order valence-electron chi connectivity index (χ2n) is 16.2. The highest BCUT2D eigenvalue weighted by Gasteiger charge is 2.24. The predicted octanol–water partition coefficient (Wildman–Crippen LogP) is 14.1. The number of aliphatic hydroxyl groups is 2. The van der Waals surface area contributed by atoms with Crippen molar-refractivity contribution in [3.63, 3.8) is 0 Å². The van der Waals surface area contributed by atoms with Crippen LogP contribution in [0.25, 0.3) is 0 Å². The molecule has 0 saturated heterocycles. The molecule has 0 aliphatic rings. The van der Waals surface area contributed by atoms with Crippen molar-refractivity contribution >= 4 is 11.9 Å². The lowest BCUT2D eigenvalue weighted by Crippen LogP contribution is -2.46. The minimum Gasteiger partial charge on any atom is -0.462 e. The highest BCUT2D eigenvalue weighted by molar-refractivity contribution is 5.77. The molecule has 1 amide bonds. The summed E-state index contributed by atoms with van der Waals surface area (Å²) in [7, 11) is 0. The maximum absolute atomic E-state index is 13.1. The van der Waals surface area contributed by atoms with Crippen LogP contribution in [0.15, 0.2) is 60.8 Å². The standard InChI is InChI=1S/C51H91NO5/c1-4-7-10-13-16-19-22-25-28-31-34-37-40-43-49(54)48(46-53)52-50(55)45-47(42-39-36-33-30-27-24-21-18-15-12-9-6-3)57-51(56)44-41-38-35-32-29-26-23-20-17-14-11-8-5-2/h8,11,14,17,20,23,26,29-30,33,47-49,53-54H,4-7,9-10,12-13,15-16,18-19,21-22,24-25,27-28,31-32,34-46H2,1-3H3,(H,52,55)/b11-8+,17-14+,23-20-,29-26-,33-30-. The lowest BCUT2D eigenvalue weighted by Gasteiger charge is -2.24. The summed E-state index contributed by atoms with van der Waals surface area (Å²) in [6.45, 7) is 6.31. The molecule has 6 nitrogen and oxygen atoms in total. The van der Waals surface area contributed by atoms with E-state index >= 15 is 0 Å². The van der Waals surface area contributed by atoms with Gasteiger partial charge in [-0.05, 0) is 64.2 Å². The van der Waals surface area contributed by atoms with Crippen molar-refractivity contribution in [3.8, 4) is 0 Å². The average molecular weight is 798 g/mol. The van der Waals surface area contributed by atoms with Crippen molar-refractivity contribution in [2.75, 3.05) is 6.61 Å². The van der Waals surface area contributed by atoms with Gasteiger partial charge in [-0.25, -0.2) is 0 Å². The maximum Gasteiger partial charge on any atom is 0.306 e. The summed E-state index contributed by atoms with van der Waals surface area (Å²) < 4.78 is 5.87. The number of hydrogen-bond acceptors (Lipinski definition) is 5. The minimum absolute atomic E-state index is 0.0395. The third-order valence-corrected chi connectivity index (χ3v) is 10.7. The van der Waals surface area contributed by atoms with E-state index in [1.54, 1.807) is 0 Å². The van der Waals surface area contributed by atoms with Crippen molar-refractivity contribution in [2.24, 2.45) is 0 Å². The molecule has 57 heavy (non-hydrogen) atoms. The topological polar surface area (TPSA) is 95.9 Å². The van der Waals surface area contributed by atoms with E-state index in [0.29, 0.717) is 19.3 Å². The molecular formula is C51H91NO5. The molecule has 0 aromatic heterocycles. The van der Waals surface area contributed by atoms with E-state index in [2.05, 4.69) is 56.5 Å². The van der Waals surface area contributed by atoms with Crippen LogP contribution in [-0.4, -0.2) is 46.9 Å². The summed E-state index contributed by atoms with van der Waals surface area (Å²) in [6, 6.07) is -0.718. The van der Waals surface area contributed by atoms with Gasteiger partial charge in [0.1, 0.15) is 6.10 Å². The number of aliphatic hydroxyl groups excluding tert-OH is 2. The van der Waals surface area contributed by atoms with Gasteiger partial charge in [0, 0.05) is 6.42 Å². The van der Waals surface area contributed by atoms with Crippen LogP contribution in [0.2, 0.25) is 0 Å². The largest absolute Gasteiger partial charge is 0.462 e. The van der Waals surface area contributed by atoms with Gasteiger partial charge in [-0.3, -0.25) is 9.59 Å². The first-order valence-corrected chi connectivity index (χ1v) is 24.1. The quantitative estimate of drug-likeness (QED) is 0.0247. The molecule has 0 bridgehead atoms. The second-order valence-corrected chi connectivity index (χ2v) is 16.2. The van der Waals surface area contributed by atoms with Gasteiger partial charge in [-0.15, -0.1) is 0 Å². The maximum atomic E-state index is 13.1. The molecule has 0 rings (SSSR count). The first-order valence-electron chi connectivity index (χ1n) is 24.1. The Labute approximate surface area is 352 Å². The van der Waals surface area contributed by atoms with Crippen molar-refractivity contribution < 1.29 is 24.5 Å². The first-order chi connectivity index (χ1) is 28.0. The van der Waals surface area contributed by atoms with E-state index in [0.717, 1.165) is 70.6 Å². The zero-order chi connectivity index (χ0) is 41.7.